The van der Waals surface area contributed by atoms with Crippen molar-refractivity contribution in [3.05, 3.63) is 42.2 Å². The maximum atomic E-state index is 13.1. The summed E-state index contributed by atoms with van der Waals surface area (Å²) in [6.07, 6.45) is -4.04. The zero-order valence-electron chi connectivity index (χ0n) is 17.4. The second-order valence-corrected chi connectivity index (χ2v) is 7.87. The van der Waals surface area contributed by atoms with Crippen LogP contribution in [0.15, 0.2) is 36.4 Å². The van der Waals surface area contributed by atoms with Gasteiger partial charge in [0.25, 0.3) is 5.82 Å². The molecule has 0 saturated carbocycles. The molecule has 0 radical (unpaired) electrons. The van der Waals surface area contributed by atoms with Crippen LogP contribution in [-0.2, 0) is 15.7 Å². The van der Waals surface area contributed by atoms with Gasteiger partial charge in [0.15, 0.2) is 23.3 Å². The number of carbonyl (C=O) groups excluding carboxylic acids is 1. The maximum absolute atomic E-state index is 13.1. The minimum absolute atomic E-state index is 0.0149. The lowest BCUT2D eigenvalue weighted by atomic mass is 9.97. The number of aromatic nitrogens is 4. The highest BCUT2D eigenvalue weighted by molar-refractivity contribution is 5.73. The van der Waals surface area contributed by atoms with Crippen LogP contribution in [0.2, 0.25) is 0 Å². The Morgan fingerprint density at radius 2 is 1.85 bits per heavy atom. The maximum Gasteiger partial charge on any atom is 0.453 e. The fraction of sp³-hybridized carbons (Fsp3) is 0.429. The molecule has 1 aromatic carbocycles. The quantitative estimate of drug-likeness (QED) is 0.546. The van der Waals surface area contributed by atoms with E-state index in [0.717, 1.165) is 0 Å². The number of para-hydroxylation sites is 2. The summed E-state index contributed by atoms with van der Waals surface area (Å²) >= 11 is 0. The van der Waals surface area contributed by atoms with Crippen LogP contribution in [0.3, 0.4) is 0 Å². The van der Waals surface area contributed by atoms with E-state index in [0.29, 0.717) is 54.4 Å². The molecule has 4 heterocycles. The van der Waals surface area contributed by atoms with Crippen LogP contribution in [0, 0.1) is 5.92 Å². The predicted molar refractivity (Wildman–Crippen MR) is 108 cm³/mol. The fourth-order valence-corrected chi connectivity index (χ4v) is 3.91. The number of hydrogen-bond donors (Lipinski definition) is 0. The van der Waals surface area contributed by atoms with Crippen molar-refractivity contribution in [1.29, 1.82) is 0 Å². The van der Waals surface area contributed by atoms with Gasteiger partial charge in [0, 0.05) is 13.1 Å². The van der Waals surface area contributed by atoms with Crippen molar-refractivity contribution in [1.82, 2.24) is 19.8 Å². The minimum Gasteiger partial charge on any atom is -0.486 e. The first kappa shape index (κ1) is 21.3. The van der Waals surface area contributed by atoms with Crippen molar-refractivity contribution in [2.24, 2.45) is 5.92 Å². The number of ether oxygens (including phenoxy) is 3. The second kappa shape index (κ2) is 8.41. The Balaban J connectivity index is 1.15. The predicted octanol–water partition coefficient (Wildman–Crippen LogP) is 2.74. The molecule has 0 aliphatic carbocycles. The van der Waals surface area contributed by atoms with E-state index in [9.17, 15) is 18.0 Å². The standard InChI is InChI=1S/C21H20F3N5O4/c22-21(23,24)20-26-25-17-5-6-18(27-29(17)20)28-9-7-13(8-10-28)19(30)32-12-14-11-31-15-3-1-2-4-16(15)33-14/h1-6,13-14H,7-12H2. The number of nitrogens with zero attached hydrogens (tertiary/aromatic N) is 5. The Hall–Kier alpha value is -3.57. The van der Waals surface area contributed by atoms with E-state index in [1.807, 2.05) is 23.1 Å². The van der Waals surface area contributed by atoms with Gasteiger partial charge in [0.05, 0.1) is 5.92 Å². The molecule has 0 amide bonds. The SMILES string of the molecule is O=C(OCC1COc2ccccc2O1)C1CCN(c2ccc3nnc(C(F)(F)F)n3n2)CC1. The third-order valence-corrected chi connectivity index (χ3v) is 5.63. The zero-order valence-corrected chi connectivity index (χ0v) is 17.4. The molecule has 0 N–H and O–H groups in total. The molecule has 2 aromatic heterocycles. The van der Waals surface area contributed by atoms with Crippen LogP contribution in [0.4, 0.5) is 19.0 Å². The van der Waals surface area contributed by atoms with Crippen LogP contribution in [-0.4, -0.2) is 58.2 Å². The van der Waals surface area contributed by atoms with E-state index < -0.39 is 12.0 Å². The number of halogens is 3. The Morgan fingerprint density at radius 3 is 2.61 bits per heavy atom. The molecule has 12 heteroatoms. The molecule has 174 valence electrons. The normalized spacial score (nSPS) is 19.0. The van der Waals surface area contributed by atoms with Gasteiger partial charge >= 0.3 is 12.1 Å². The fourth-order valence-electron chi connectivity index (χ4n) is 3.91. The van der Waals surface area contributed by atoms with Crippen LogP contribution in [0.5, 0.6) is 11.5 Å². The van der Waals surface area contributed by atoms with Crippen molar-refractivity contribution in [3.8, 4) is 11.5 Å². The van der Waals surface area contributed by atoms with Crippen LogP contribution in [0.1, 0.15) is 18.7 Å². The Bertz CT molecular complexity index is 1160. The van der Waals surface area contributed by atoms with Crippen molar-refractivity contribution < 1.29 is 32.2 Å². The van der Waals surface area contributed by atoms with E-state index in [1.54, 1.807) is 12.1 Å². The largest absolute Gasteiger partial charge is 0.486 e. The van der Waals surface area contributed by atoms with E-state index in [-0.39, 0.29) is 30.2 Å². The highest BCUT2D eigenvalue weighted by Gasteiger charge is 2.38. The lowest BCUT2D eigenvalue weighted by Gasteiger charge is -2.32. The number of rotatable bonds is 4. The summed E-state index contributed by atoms with van der Waals surface area (Å²) < 4.78 is 56.9. The smallest absolute Gasteiger partial charge is 0.453 e. The van der Waals surface area contributed by atoms with Crippen LogP contribution in [0.25, 0.3) is 5.65 Å². The molecule has 0 bridgehead atoms. The molecular formula is C21H20F3N5O4. The summed E-state index contributed by atoms with van der Waals surface area (Å²) in [6, 6.07) is 10.3. The summed E-state index contributed by atoms with van der Waals surface area (Å²) in [4.78, 5) is 14.4. The highest BCUT2D eigenvalue weighted by atomic mass is 19.4. The van der Waals surface area contributed by atoms with E-state index in [1.165, 1.54) is 6.07 Å². The van der Waals surface area contributed by atoms with Crippen molar-refractivity contribution in [3.63, 3.8) is 0 Å². The van der Waals surface area contributed by atoms with Gasteiger partial charge in [0.1, 0.15) is 19.0 Å². The van der Waals surface area contributed by atoms with Crippen molar-refractivity contribution in [2.45, 2.75) is 25.1 Å². The lowest BCUT2D eigenvalue weighted by Crippen LogP contribution is -2.39. The summed E-state index contributed by atoms with van der Waals surface area (Å²) in [5.41, 5.74) is 0.0149. The number of alkyl halides is 3. The molecule has 9 nitrogen and oxygen atoms in total. The summed E-state index contributed by atoms with van der Waals surface area (Å²) in [5.74, 6) is -0.154. The lowest BCUT2D eigenvalue weighted by molar-refractivity contribution is -0.152. The Morgan fingerprint density at radius 1 is 1.09 bits per heavy atom. The molecule has 1 atom stereocenters. The molecule has 0 spiro atoms. The number of hydrogen-bond acceptors (Lipinski definition) is 8. The molecule has 1 fully saturated rings. The van der Waals surface area contributed by atoms with Gasteiger partial charge in [-0.3, -0.25) is 4.79 Å². The van der Waals surface area contributed by atoms with Crippen LogP contribution >= 0.6 is 0 Å². The summed E-state index contributed by atoms with van der Waals surface area (Å²) in [7, 11) is 0. The van der Waals surface area contributed by atoms with Gasteiger partial charge in [-0.15, -0.1) is 15.3 Å². The van der Waals surface area contributed by atoms with Crippen molar-refractivity contribution >= 4 is 17.4 Å². The van der Waals surface area contributed by atoms with Gasteiger partial charge in [-0.25, -0.2) is 0 Å². The molecule has 33 heavy (non-hydrogen) atoms. The van der Waals surface area contributed by atoms with Crippen molar-refractivity contribution in [2.75, 3.05) is 31.2 Å². The van der Waals surface area contributed by atoms with Gasteiger partial charge < -0.3 is 19.1 Å². The second-order valence-electron chi connectivity index (χ2n) is 7.87. The first-order valence-corrected chi connectivity index (χ1v) is 10.5. The molecule has 3 aromatic rings. The number of benzene rings is 1. The number of carbonyl (C=O) groups is 1. The van der Waals surface area contributed by atoms with Gasteiger partial charge in [-0.05, 0) is 37.1 Å². The zero-order chi connectivity index (χ0) is 23.0. The number of piperidine rings is 1. The summed E-state index contributed by atoms with van der Waals surface area (Å²) in [6.45, 7) is 1.29. The Kier molecular flexibility index (Phi) is 5.43. The first-order valence-electron chi connectivity index (χ1n) is 10.5. The van der Waals surface area contributed by atoms with Gasteiger partial charge in [-0.2, -0.15) is 17.7 Å². The number of esters is 1. The molecule has 1 unspecified atom stereocenters. The average Bonchev–Trinajstić information content (AvgIpc) is 3.26. The average molecular weight is 463 g/mol. The molecule has 2 aliphatic heterocycles. The topological polar surface area (TPSA) is 91.1 Å². The third kappa shape index (κ3) is 4.37. The van der Waals surface area contributed by atoms with Gasteiger partial charge in [0.2, 0.25) is 0 Å². The van der Waals surface area contributed by atoms with Gasteiger partial charge in [-0.1, -0.05) is 12.1 Å². The molecule has 2 aliphatic rings. The van der Waals surface area contributed by atoms with Crippen LogP contribution < -0.4 is 14.4 Å². The number of fused-ring (bicyclic) bond motifs is 2. The van der Waals surface area contributed by atoms with E-state index in [2.05, 4.69) is 15.3 Å². The first-order chi connectivity index (χ1) is 15.9. The van der Waals surface area contributed by atoms with E-state index in [4.69, 9.17) is 14.2 Å². The highest BCUT2D eigenvalue weighted by Crippen LogP contribution is 2.31. The van der Waals surface area contributed by atoms with E-state index >= 15 is 0 Å². The minimum atomic E-state index is -4.66. The third-order valence-electron chi connectivity index (χ3n) is 5.63. The molecular weight excluding hydrogens is 443 g/mol. The molecule has 1 saturated heterocycles. The Labute approximate surface area is 186 Å². The number of anilines is 1. The monoisotopic (exact) mass is 463 g/mol. The summed E-state index contributed by atoms with van der Waals surface area (Å²) in [5, 5.41) is 10.8. The molecule has 5 rings (SSSR count).